The molecule has 148 valence electrons. The van der Waals surface area contributed by atoms with E-state index in [4.69, 9.17) is 4.74 Å². The second kappa shape index (κ2) is 8.63. The number of anilines is 1. The second-order valence-electron chi connectivity index (χ2n) is 6.03. The summed E-state index contributed by atoms with van der Waals surface area (Å²) in [5.41, 5.74) is 0.219. The van der Waals surface area contributed by atoms with Gasteiger partial charge >= 0.3 is 5.97 Å². The van der Waals surface area contributed by atoms with E-state index >= 15 is 0 Å². The zero-order valence-corrected chi connectivity index (χ0v) is 16.7. The number of fused-ring (bicyclic) bond motifs is 1. The van der Waals surface area contributed by atoms with Crippen molar-refractivity contribution in [3.05, 3.63) is 55.9 Å². The van der Waals surface area contributed by atoms with Crippen LogP contribution < -0.4 is 20.1 Å². The lowest BCUT2D eigenvalue weighted by atomic mass is 10.1. The predicted molar refractivity (Wildman–Crippen MR) is 113 cm³/mol. The second-order valence-corrected chi connectivity index (χ2v) is 7.06. The summed E-state index contributed by atoms with van der Waals surface area (Å²) in [7, 11) is 0. The first kappa shape index (κ1) is 20.2. The number of phenolic OH excluding ortho intramolecular Hbond substituents is 1. The fourth-order valence-corrected chi connectivity index (χ4v) is 3.98. The number of ether oxygens (including phenoxy) is 1. The average Bonchev–Trinajstić information content (AvgIpc) is 3.02. The number of nitrogens with zero attached hydrogens (tertiary/aromatic N) is 2. The third-order valence-electron chi connectivity index (χ3n) is 4.25. The summed E-state index contributed by atoms with van der Waals surface area (Å²) in [6, 6.07) is 12.5. The Morgan fingerprint density at radius 2 is 2.14 bits per heavy atom. The van der Waals surface area contributed by atoms with Crippen LogP contribution in [0.5, 0.6) is 5.75 Å². The van der Waals surface area contributed by atoms with Crippen molar-refractivity contribution in [2.45, 2.75) is 20.4 Å². The number of esters is 1. The van der Waals surface area contributed by atoms with Gasteiger partial charge in [-0.1, -0.05) is 18.2 Å². The molecule has 3 rings (SSSR count). The number of carbonyl (C=O) groups is 1. The zero-order chi connectivity index (χ0) is 21.0. The summed E-state index contributed by atoms with van der Waals surface area (Å²) in [5.74, 6) is -0.608. The minimum absolute atomic E-state index is 0.139. The molecule has 7 nitrogen and oxygen atoms in total. The summed E-state index contributed by atoms with van der Waals surface area (Å²) >= 11 is 1.05. The van der Waals surface area contributed by atoms with Crippen LogP contribution in [0.4, 0.5) is 5.69 Å². The van der Waals surface area contributed by atoms with Crippen molar-refractivity contribution in [3.8, 4) is 11.8 Å². The number of rotatable bonds is 5. The number of benzene rings is 2. The third-order valence-corrected chi connectivity index (χ3v) is 5.38. The quantitative estimate of drug-likeness (QED) is 0.624. The Bertz CT molecular complexity index is 1300. The van der Waals surface area contributed by atoms with Crippen LogP contribution in [-0.2, 0) is 16.1 Å². The van der Waals surface area contributed by atoms with Crippen LogP contribution in [0.15, 0.2) is 41.2 Å². The molecule has 0 spiro atoms. The molecule has 2 N–H and O–H groups in total. The Labute approximate surface area is 170 Å². The molecule has 0 atom stereocenters. The lowest BCUT2D eigenvalue weighted by Crippen LogP contribution is -2.32. The number of aromatic hydroxyl groups is 1. The minimum atomic E-state index is -0.748. The van der Waals surface area contributed by atoms with Crippen molar-refractivity contribution < 1.29 is 14.6 Å². The first-order valence-corrected chi connectivity index (χ1v) is 9.81. The van der Waals surface area contributed by atoms with E-state index in [2.05, 4.69) is 5.32 Å². The maximum atomic E-state index is 12.7. The van der Waals surface area contributed by atoms with Gasteiger partial charge in [-0.2, -0.15) is 5.26 Å². The van der Waals surface area contributed by atoms with E-state index in [1.165, 1.54) is 4.57 Å². The fraction of sp³-hybridized carbons (Fsp3) is 0.190. The Morgan fingerprint density at radius 3 is 2.83 bits per heavy atom. The van der Waals surface area contributed by atoms with E-state index in [9.17, 15) is 20.0 Å². The minimum Gasteiger partial charge on any atom is -0.508 e. The van der Waals surface area contributed by atoms with Gasteiger partial charge in [-0.05, 0) is 37.4 Å². The van der Waals surface area contributed by atoms with Crippen LogP contribution in [-0.4, -0.2) is 22.2 Å². The van der Waals surface area contributed by atoms with Gasteiger partial charge < -0.3 is 15.2 Å². The third kappa shape index (κ3) is 4.00. The van der Waals surface area contributed by atoms with Crippen LogP contribution in [0.25, 0.3) is 22.5 Å². The maximum Gasteiger partial charge on any atom is 0.351 e. The van der Waals surface area contributed by atoms with E-state index in [1.54, 1.807) is 38.2 Å². The highest BCUT2D eigenvalue weighted by molar-refractivity contribution is 7.07. The van der Waals surface area contributed by atoms with Gasteiger partial charge in [0.2, 0.25) is 0 Å². The molecule has 0 aliphatic rings. The monoisotopic (exact) mass is 409 g/mol. The fourth-order valence-electron chi connectivity index (χ4n) is 2.91. The highest BCUT2D eigenvalue weighted by Crippen LogP contribution is 2.26. The number of nitrogens with one attached hydrogen (secondary N) is 1. The smallest absolute Gasteiger partial charge is 0.351 e. The molecule has 0 bridgehead atoms. The highest BCUT2D eigenvalue weighted by Gasteiger charge is 2.16. The van der Waals surface area contributed by atoms with Crippen molar-refractivity contribution in [2.24, 2.45) is 0 Å². The average molecular weight is 409 g/mol. The number of hydrogen-bond donors (Lipinski definition) is 2. The van der Waals surface area contributed by atoms with E-state index in [1.807, 2.05) is 24.3 Å². The number of thiazole rings is 1. The van der Waals surface area contributed by atoms with E-state index in [-0.39, 0.29) is 28.2 Å². The van der Waals surface area contributed by atoms with Crippen LogP contribution in [0.3, 0.4) is 0 Å². The van der Waals surface area contributed by atoms with Crippen molar-refractivity contribution in [1.29, 1.82) is 5.26 Å². The summed E-state index contributed by atoms with van der Waals surface area (Å²) < 4.78 is 6.92. The molecule has 3 aromatic rings. The normalized spacial score (nSPS) is 12.5. The maximum absolute atomic E-state index is 12.7. The summed E-state index contributed by atoms with van der Waals surface area (Å²) in [6.07, 6.45) is 1.54. The van der Waals surface area contributed by atoms with Gasteiger partial charge in [0.05, 0.1) is 6.61 Å². The molecule has 0 aliphatic heterocycles. The first-order valence-electron chi connectivity index (χ1n) is 8.99. The standard InChI is InChI=1S/C21H19N3O4S/c1-3-24-19(26)18(29-20(24)16(11-22)21(27)28-4-2)12-23-17-7-5-6-13-8-9-14(25)10-15(13)17/h5-10,12,23,25H,3-4H2,1-2H3. The van der Waals surface area contributed by atoms with Gasteiger partial charge in [-0.25, -0.2) is 4.79 Å². The largest absolute Gasteiger partial charge is 0.508 e. The summed E-state index contributed by atoms with van der Waals surface area (Å²) in [4.78, 5) is 24.8. The molecule has 0 saturated heterocycles. The van der Waals surface area contributed by atoms with Crippen LogP contribution in [0, 0.1) is 11.3 Å². The molecular formula is C21H19N3O4S. The molecule has 0 fully saturated rings. The SMILES string of the molecule is CCOC(=O)C(C#N)=c1sc(=CNc2cccc3ccc(O)cc23)c(=O)n1CC. The van der Waals surface area contributed by atoms with Gasteiger partial charge in [0.15, 0.2) is 5.57 Å². The number of aromatic nitrogens is 1. The molecule has 2 aromatic carbocycles. The van der Waals surface area contributed by atoms with E-state index in [0.717, 1.165) is 22.1 Å². The number of nitriles is 1. The Balaban J connectivity index is 2.14. The van der Waals surface area contributed by atoms with Crippen LogP contribution in [0.2, 0.25) is 0 Å². The van der Waals surface area contributed by atoms with E-state index in [0.29, 0.717) is 16.8 Å². The molecule has 0 unspecified atom stereocenters. The summed E-state index contributed by atoms with van der Waals surface area (Å²) in [5, 5.41) is 24.0. The Morgan fingerprint density at radius 1 is 1.34 bits per heavy atom. The van der Waals surface area contributed by atoms with Crippen molar-refractivity contribution >= 4 is 45.5 Å². The van der Waals surface area contributed by atoms with Gasteiger partial charge in [0.1, 0.15) is 21.0 Å². The molecule has 0 saturated carbocycles. The van der Waals surface area contributed by atoms with Crippen LogP contribution >= 0.6 is 11.3 Å². The van der Waals surface area contributed by atoms with Gasteiger partial charge in [-0.3, -0.25) is 9.36 Å². The van der Waals surface area contributed by atoms with Gasteiger partial charge in [0.25, 0.3) is 5.56 Å². The highest BCUT2D eigenvalue weighted by atomic mass is 32.1. The van der Waals surface area contributed by atoms with E-state index < -0.39 is 5.97 Å². The molecule has 0 radical (unpaired) electrons. The lowest BCUT2D eigenvalue weighted by molar-refractivity contribution is -0.136. The first-order chi connectivity index (χ1) is 14.0. The number of phenols is 1. The predicted octanol–water partition coefficient (Wildman–Crippen LogP) is 1.88. The molecule has 1 heterocycles. The lowest BCUT2D eigenvalue weighted by Gasteiger charge is -2.06. The molecule has 1 aromatic heterocycles. The zero-order valence-electron chi connectivity index (χ0n) is 15.9. The van der Waals surface area contributed by atoms with Crippen LogP contribution in [0.1, 0.15) is 13.8 Å². The molecule has 0 amide bonds. The van der Waals surface area contributed by atoms with Crippen molar-refractivity contribution in [2.75, 3.05) is 11.9 Å². The number of carbonyl (C=O) groups excluding carboxylic acids is 1. The van der Waals surface area contributed by atoms with Crippen molar-refractivity contribution in [3.63, 3.8) is 0 Å². The van der Waals surface area contributed by atoms with Gasteiger partial charge in [-0.15, -0.1) is 11.3 Å². The van der Waals surface area contributed by atoms with Gasteiger partial charge in [0, 0.05) is 23.8 Å². The molecule has 29 heavy (non-hydrogen) atoms. The topological polar surface area (TPSA) is 104 Å². The Kier molecular flexibility index (Phi) is 6.00. The summed E-state index contributed by atoms with van der Waals surface area (Å²) in [6.45, 7) is 3.87. The molecular weight excluding hydrogens is 390 g/mol. The Hall–Kier alpha value is -3.57. The number of hydrogen-bond acceptors (Lipinski definition) is 7. The van der Waals surface area contributed by atoms with Crippen molar-refractivity contribution in [1.82, 2.24) is 4.57 Å². The molecule has 0 aliphatic carbocycles. The molecule has 8 heteroatoms.